The van der Waals surface area contributed by atoms with Crippen LogP contribution in [0, 0.1) is 13.8 Å². The van der Waals surface area contributed by atoms with Crippen molar-refractivity contribution in [2.45, 2.75) is 26.1 Å². The van der Waals surface area contributed by atoms with Crippen LogP contribution in [0.25, 0.3) is 20.2 Å². The molecule has 3 aromatic rings. The van der Waals surface area contributed by atoms with Gasteiger partial charge in [-0.1, -0.05) is 0 Å². The summed E-state index contributed by atoms with van der Waals surface area (Å²) in [5, 5.41) is 2.45. The van der Waals surface area contributed by atoms with E-state index in [2.05, 4.69) is 38.1 Å². The molecule has 3 heterocycles. The average molecular weight is 356 g/mol. The summed E-state index contributed by atoms with van der Waals surface area (Å²) in [6.07, 6.45) is 0.531. The molecule has 0 spiro atoms. The van der Waals surface area contributed by atoms with Crippen molar-refractivity contribution in [2.75, 3.05) is 26.4 Å². The third-order valence-electron chi connectivity index (χ3n) is 4.72. The minimum absolute atomic E-state index is 0.265. The highest BCUT2D eigenvalue weighted by Gasteiger charge is 2.24. The van der Waals surface area contributed by atoms with Gasteiger partial charge in [-0.25, -0.2) is 0 Å². The minimum Gasteiger partial charge on any atom is -0.490 e. The molecule has 5 rings (SSSR count). The molecule has 130 valence electrons. The maximum Gasteiger partial charge on any atom is 0.123 e. The molecule has 2 aliphatic heterocycles. The van der Waals surface area contributed by atoms with Crippen molar-refractivity contribution >= 4 is 31.5 Å². The first kappa shape index (κ1) is 15.4. The van der Waals surface area contributed by atoms with Crippen molar-refractivity contribution < 1.29 is 18.9 Å². The SMILES string of the molecule is Cc1cc2sc3cc(C)c(OCC4CO4)cc3c2cc1OCC1CO1. The predicted molar refractivity (Wildman–Crippen MR) is 99.3 cm³/mol. The monoisotopic (exact) mass is 356 g/mol. The molecule has 2 saturated heterocycles. The van der Waals surface area contributed by atoms with Crippen LogP contribution < -0.4 is 9.47 Å². The van der Waals surface area contributed by atoms with E-state index in [0.29, 0.717) is 13.2 Å². The number of aryl methyl sites for hydroxylation is 2. The Labute approximate surface area is 150 Å². The Bertz CT molecular complexity index is 877. The average Bonchev–Trinajstić information content (AvgIpc) is 3.49. The summed E-state index contributed by atoms with van der Waals surface area (Å²) in [7, 11) is 0. The van der Waals surface area contributed by atoms with E-state index in [9.17, 15) is 0 Å². The van der Waals surface area contributed by atoms with Gasteiger partial charge in [0.1, 0.15) is 36.9 Å². The molecule has 1 aromatic heterocycles. The van der Waals surface area contributed by atoms with Gasteiger partial charge in [0, 0.05) is 20.2 Å². The highest BCUT2D eigenvalue weighted by molar-refractivity contribution is 7.25. The number of fused-ring (bicyclic) bond motifs is 3. The van der Waals surface area contributed by atoms with E-state index in [1.165, 1.54) is 31.3 Å². The summed E-state index contributed by atoms with van der Waals surface area (Å²) in [6.45, 7) is 7.08. The zero-order valence-corrected chi connectivity index (χ0v) is 15.2. The zero-order chi connectivity index (χ0) is 17.0. The van der Waals surface area contributed by atoms with Crippen molar-refractivity contribution in [2.24, 2.45) is 0 Å². The first-order chi connectivity index (χ1) is 12.2. The summed E-state index contributed by atoms with van der Waals surface area (Å²) in [5.74, 6) is 1.88. The minimum atomic E-state index is 0.265. The summed E-state index contributed by atoms with van der Waals surface area (Å²) in [4.78, 5) is 0. The van der Waals surface area contributed by atoms with E-state index in [-0.39, 0.29) is 12.2 Å². The number of ether oxygens (including phenoxy) is 4. The molecule has 0 radical (unpaired) electrons. The standard InChI is InChI=1S/C20H20O4S/c1-11-3-19-15(5-17(11)23-9-13-7-21-13)16-6-18(24-10-14-8-22-14)12(2)4-20(16)25-19/h3-6,13-14H,7-10H2,1-2H3. The second-order valence-corrected chi connectivity index (χ2v) is 7.95. The first-order valence-corrected chi connectivity index (χ1v) is 9.45. The first-order valence-electron chi connectivity index (χ1n) is 8.63. The number of thiophene rings is 1. The van der Waals surface area contributed by atoms with E-state index in [1.807, 2.05) is 11.3 Å². The molecule has 5 heteroatoms. The second-order valence-electron chi connectivity index (χ2n) is 6.86. The van der Waals surface area contributed by atoms with Gasteiger partial charge in [-0.3, -0.25) is 0 Å². The van der Waals surface area contributed by atoms with Crippen molar-refractivity contribution in [1.29, 1.82) is 0 Å². The molecule has 0 amide bonds. The third kappa shape index (κ3) is 3.08. The lowest BCUT2D eigenvalue weighted by atomic mass is 10.1. The van der Waals surface area contributed by atoms with E-state index >= 15 is 0 Å². The molecule has 2 aromatic carbocycles. The molecular formula is C20H20O4S. The van der Waals surface area contributed by atoms with E-state index in [4.69, 9.17) is 18.9 Å². The summed E-state index contributed by atoms with van der Waals surface area (Å²) in [6, 6.07) is 8.76. The number of benzene rings is 2. The van der Waals surface area contributed by atoms with Gasteiger partial charge in [0.15, 0.2) is 0 Å². The molecule has 25 heavy (non-hydrogen) atoms. The van der Waals surface area contributed by atoms with Crippen LogP contribution >= 0.6 is 11.3 Å². The maximum absolute atomic E-state index is 5.96. The normalized spacial score (nSPS) is 21.7. The maximum atomic E-state index is 5.96. The van der Waals surface area contributed by atoms with Crippen LogP contribution in [0.5, 0.6) is 11.5 Å². The number of epoxide rings is 2. The van der Waals surface area contributed by atoms with Gasteiger partial charge in [0.05, 0.1) is 13.2 Å². The van der Waals surface area contributed by atoms with E-state index in [1.54, 1.807) is 0 Å². The Hall–Kier alpha value is -1.82. The predicted octanol–water partition coefficient (Wildman–Crippen LogP) is 4.23. The Morgan fingerprint density at radius 1 is 0.840 bits per heavy atom. The van der Waals surface area contributed by atoms with E-state index in [0.717, 1.165) is 24.7 Å². The van der Waals surface area contributed by atoms with Crippen LogP contribution in [0.15, 0.2) is 24.3 Å². The van der Waals surface area contributed by atoms with Crippen molar-refractivity contribution in [3.05, 3.63) is 35.4 Å². The molecule has 2 atom stereocenters. The number of rotatable bonds is 6. The van der Waals surface area contributed by atoms with Crippen LogP contribution in [0.2, 0.25) is 0 Å². The highest BCUT2D eigenvalue weighted by Crippen LogP contribution is 2.40. The molecule has 2 aliphatic rings. The van der Waals surface area contributed by atoms with Gasteiger partial charge in [-0.2, -0.15) is 0 Å². The van der Waals surface area contributed by atoms with Crippen molar-refractivity contribution in [3.63, 3.8) is 0 Å². The molecule has 0 N–H and O–H groups in total. The van der Waals surface area contributed by atoms with Gasteiger partial charge in [-0.15, -0.1) is 11.3 Å². The molecule has 0 bridgehead atoms. The molecule has 0 saturated carbocycles. The summed E-state index contributed by atoms with van der Waals surface area (Å²) >= 11 is 1.82. The van der Waals surface area contributed by atoms with Gasteiger partial charge in [-0.05, 0) is 49.2 Å². The molecule has 4 nitrogen and oxygen atoms in total. The van der Waals surface area contributed by atoms with Gasteiger partial charge in [0.2, 0.25) is 0 Å². The molecular weight excluding hydrogens is 336 g/mol. The Morgan fingerprint density at radius 2 is 1.28 bits per heavy atom. The van der Waals surface area contributed by atoms with Gasteiger partial charge < -0.3 is 18.9 Å². The van der Waals surface area contributed by atoms with Crippen molar-refractivity contribution in [1.82, 2.24) is 0 Å². The lowest BCUT2D eigenvalue weighted by molar-refractivity contribution is 0.262. The molecule has 2 unspecified atom stereocenters. The molecule has 2 fully saturated rings. The second kappa shape index (κ2) is 5.87. The summed E-state index contributed by atoms with van der Waals surface area (Å²) in [5.41, 5.74) is 2.33. The zero-order valence-electron chi connectivity index (χ0n) is 14.3. The van der Waals surface area contributed by atoms with Crippen LogP contribution in [0.1, 0.15) is 11.1 Å². The largest absolute Gasteiger partial charge is 0.490 e. The Morgan fingerprint density at radius 3 is 1.68 bits per heavy atom. The van der Waals surface area contributed by atoms with E-state index < -0.39 is 0 Å². The lowest BCUT2D eigenvalue weighted by Crippen LogP contribution is -2.05. The fraction of sp³-hybridized carbons (Fsp3) is 0.400. The fourth-order valence-electron chi connectivity index (χ4n) is 3.04. The fourth-order valence-corrected chi connectivity index (χ4v) is 4.30. The van der Waals surface area contributed by atoms with Crippen LogP contribution in [0.3, 0.4) is 0 Å². The highest BCUT2D eigenvalue weighted by atomic mass is 32.1. The Balaban J connectivity index is 1.54. The molecule has 0 aliphatic carbocycles. The third-order valence-corrected chi connectivity index (χ3v) is 5.83. The lowest BCUT2D eigenvalue weighted by Gasteiger charge is -2.09. The topological polar surface area (TPSA) is 43.5 Å². The number of hydrogen-bond acceptors (Lipinski definition) is 5. The quantitative estimate of drug-likeness (QED) is 0.620. The summed E-state index contributed by atoms with van der Waals surface area (Å²) < 4.78 is 25.0. The van der Waals surface area contributed by atoms with Gasteiger partial charge in [0.25, 0.3) is 0 Å². The van der Waals surface area contributed by atoms with Crippen LogP contribution in [-0.4, -0.2) is 38.6 Å². The van der Waals surface area contributed by atoms with Crippen LogP contribution in [0.4, 0.5) is 0 Å². The van der Waals surface area contributed by atoms with Gasteiger partial charge >= 0.3 is 0 Å². The number of hydrogen-bond donors (Lipinski definition) is 0. The Kier molecular flexibility index (Phi) is 3.62. The van der Waals surface area contributed by atoms with Crippen molar-refractivity contribution in [3.8, 4) is 11.5 Å². The smallest absolute Gasteiger partial charge is 0.123 e. The van der Waals surface area contributed by atoms with Crippen LogP contribution in [-0.2, 0) is 9.47 Å².